The molecule has 21 heavy (non-hydrogen) atoms. The second-order valence-corrected chi connectivity index (χ2v) is 4.48. The van der Waals surface area contributed by atoms with Gasteiger partial charge in [-0.15, -0.1) is 10.2 Å². The molecule has 0 saturated carbocycles. The smallest absolute Gasteiger partial charge is 0.309 e. The molecule has 1 N–H and O–H groups in total. The highest BCUT2D eigenvalue weighted by atomic mass is 19.4. The largest absolute Gasteiger partial charge is 0.417 e. The lowest BCUT2D eigenvalue weighted by Crippen LogP contribution is -2.24. The van der Waals surface area contributed by atoms with Crippen molar-refractivity contribution in [3.8, 4) is 0 Å². The van der Waals surface area contributed by atoms with Gasteiger partial charge in [0.15, 0.2) is 5.82 Å². The summed E-state index contributed by atoms with van der Waals surface area (Å²) >= 11 is 0. The molecule has 0 bridgehead atoms. The molecule has 1 unspecified atom stereocenters. The molecule has 2 aromatic heterocycles. The van der Waals surface area contributed by atoms with E-state index in [1.807, 2.05) is 6.92 Å². The maximum atomic E-state index is 12.5. The summed E-state index contributed by atoms with van der Waals surface area (Å²) in [6.07, 6.45) is -3.14. The van der Waals surface area contributed by atoms with E-state index in [1.54, 1.807) is 7.05 Å². The van der Waals surface area contributed by atoms with Crippen molar-refractivity contribution in [2.75, 3.05) is 6.54 Å². The molecule has 1 atom stereocenters. The Morgan fingerprint density at radius 1 is 1.33 bits per heavy atom. The van der Waals surface area contributed by atoms with Crippen molar-refractivity contribution < 1.29 is 13.2 Å². The molecule has 0 saturated heterocycles. The average molecular weight is 300 g/mol. The summed E-state index contributed by atoms with van der Waals surface area (Å²) in [5.74, 6) is 0.505. The summed E-state index contributed by atoms with van der Waals surface area (Å²) in [5.41, 5.74) is -0.253. The number of hydrogen-bond donors (Lipinski definition) is 1. The van der Waals surface area contributed by atoms with E-state index in [1.165, 1.54) is 10.9 Å². The van der Waals surface area contributed by atoms with Crippen LogP contribution in [0.3, 0.4) is 0 Å². The van der Waals surface area contributed by atoms with Crippen LogP contribution >= 0.6 is 0 Å². The Kier molecular flexibility index (Phi) is 4.51. The van der Waals surface area contributed by atoms with Crippen LogP contribution < -0.4 is 5.32 Å². The lowest BCUT2D eigenvalue weighted by Gasteiger charge is -2.16. The molecule has 6 nitrogen and oxygen atoms in total. The van der Waals surface area contributed by atoms with Crippen LogP contribution in [0.15, 0.2) is 18.3 Å². The van der Waals surface area contributed by atoms with E-state index in [4.69, 9.17) is 0 Å². The van der Waals surface area contributed by atoms with E-state index in [0.717, 1.165) is 12.3 Å². The topological polar surface area (TPSA) is 68.5 Å². The number of tetrazole rings is 1. The Morgan fingerprint density at radius 3 is 2.57 bits per heavy atom. The molecule has 2 rings (SSSR count). The number of halogens is 3. The molecule has 9 heteroatoms. The van der Waals surface area contributed by atoms with Crippen LogP contribution in [0.25, 0.3) is 0 Å². The number of rotatable bonds is 5. The first kappa shape index (κ1) is 15.4. The zero-order chi connectivity index (χ0) is 15.5. The molecule has 0 radical (unpaired) electrons. The van der Waals surface area contributed by atoms with Crippen LogP contribution in [0.4, 0.5) is 13.2 Å². The van der Waals surface area contributed by atoms with Gasteiger partial charge < -0.3 is 5.32 Å². The first-order valence-corrected chi connectivity index (χ1v) is 6.39. The fourth-order valence-electron chi connectivity index (χ4n) is 1.89. The average Bonchev–Trinajstić information content (AvgIpc) is 2.83. The summed E-state index contributed by atoms with van der Waals surface area (Å²) < 4.78 is 37.6. The fourth-order valence-corrected chi connectivity index (χ4v) is 1.89. The molecule has 0 aromatic carbocycles. The second kappa shape index (κ2) is 6.17. The van der Waals surface area contributed by atoms with Crippen molar-refractivity contribution in [2.45, 2.75) is 25.6 Å². The van der Waals surface area contributed by atoms with Crippen LogP contribution in [0.5, 0.6) is 0 Å². The highest BCUT2D eigenvalue weighted by Gasteiger charge is 2.31. The summed E-state index contributed by atoms with van der Waals surface area (Å²) in [6.45, 7) is 2.55. The standard InChI is InChI=1S/C12H15F3N6/c1-3-16-10(6-11-18-20-21(2)19-11)9-5-4-8(7-17-9)12(13,14)15/h4-5,7,10,16H,3,6H2,1-2H3. The van der Waals surface area contributed by atoms with E-state index >= 15 is 0 Å². The molecule has 0 spiro atoms. The molecule has 0 amide bonds. The number of alkyl halides is 3. The lowest BCUT2D eigenvalue weighted by atomic mass is 10.1. The molecule has 0 fully saturated rings. The molecular weight excluding hydrogens is 285 g/mol. The Balaban J connectivity index is 2.17. The van der Waals surface area contributed by atoms with Gasteiger partial charge in [0.25, 0.3) is 0 Å². The number of aryl methyl sites for hydroxylation is 1. The maximum Gasteiger partial charge on any atom is 0.417 e. The molecule has 114 valence electrons. The van der Waals surface area contributed by atoms with Crippen LogP contribution in [-0.2, 0) is 19.6 Å². The fraction of sp³-hybridized carbons (Fsp3) is 0.500. The highest BCUT2D eigenvalue weighted by Crippen LogP contribution is 2.29. The number of nitrogens with zero attached hydrogens (tertiary/aromatic N) is 5. The van der Waals surface area contributed by atoms with Gasteiger partial charge >= 0.3 is 6.18 Å². The Labute approximate surface area is 119 Å². The number of likely N-dealkylation sites (N-methyl/N-ethyl adjacent to an activating group) is 1. The van der Waals surface area contributed by atoms with Gasteiger partial charge in [-0.3, -0.25) is 4.98 Å². The van der Waals surface area contributed by atoms with Crippen molar-refractivity contribution in [3.05, 3.63) is 35.4 Å². The predicted octanol–water partition coefficient (Wildman–Crippen LogP) is 1.52. The lowest BCUT2D eigenvalue weighted by molar-refractivity contribution is -0.137. The normalized spacial score (nSPS) is 13.4. The Bertz CT molecular complexity index is 577. The van der Waals surface area contributed by atoms with Gasteiger partial charge in [-0.1, -0.05) is 6.92 Å². The zero-order valence-electron chi connectivity index (χ0n) is 11.6. The maximum absolute atomic E-state index is 12.5. The first-order chi connectivity index (χ1) is 9.90. The van der Waals surface area contributed by atoms with Gasteiger partial charge in [0, 0.05) is 12.6 Å². The minimum atomic E-state index is -4.38. The Hall–Kier alpha value is -2.03. The van der Waals surface area contributed by atoms with E-state index in [0.29, 0.717) is 24.5 Å². The first-order valence-electron chi connectivity index (χ1n) is 6.39. The van der Waals surface area contributed by atoms with Crippen molar-refractivity contribution >= 4 is 0 Å². The minimum absolute atomic E-state index is 0.263. The molecule has 2 heterocycles. The molecular formula is C12H15F3N6. The van der Waals surface area contributed by atoms with Gasteiger partial charge in [-0.2, -0.15) is 18.0 Å². The van der Waals surface area contributed by atoms with Crippen molar-refractivity contribution in [3.63, 3.8) is 0 Å². The Morgan fingerprint density at radius 2 is 2.10 bits per heavy atom. The van der Waals surface area contributed by atoms with Crippen molar-refractivity contribution in [1.82, 2.24) is 30.5 Å². The molecule has 0 aliphatic carbocycles. The third-order valence-electron chi connectivity index (χ3n) is 2.86. The van der Waals surface area contributed by atoms with E-state index in [9.17, 15) is 13.2 Å². The quantitative estimate of drug-likeness (QED) is 0.906. The van der Waals surface area contributed by atoms with Gasteiger partial charge in [0.1, 0.15) is 0 Å². The number of aromatic nitrogens is 5. The van der Waals surface area contributed by atoms with Crippen LogP contribution in [0.2, 0.25) is 0 Å². The number of hydrogen-bond acceptors (Lipinski definition) is 5. The third kappa shape index (κ3) is 3.97. The summed E-state index contributed by atoms with van der Waals surface area (Å²) in [4.78, 5) is 5.23. The monoisotopic (exact) mass is 300 g/mol. The van der Waals surface area contributed by atoms with Gasteiger partial charge in [-0.25, -0.2) is 0 Å². The van der Waals surface area contributed by atoms with Crippen molar-refractivity contribution in [2.24, 2.45) is 7.05 Å². The molecule has 0 aliphatic rings. The number of nitrogens with one attached hydrogen (secondary N) is 1. The minimum Gasteiger partial charge on any atom is -0.309 e. The third-order valence-corrected chi connectivity index (χ3v) is 2.86. The van der Waals surface area contributed by atoms with Gasteiger partial charge in [0.2, 0.25) is 0 Å². The van der Waals surface area contributed by atoms with E-state index in [-0.39, 0.29) is 6.04 Å². The predicted molar refractivity (Wildman–Crippen MR) is 68.2 cm³/mol. The SMILES string of the molecule is CCNC(Cc1nnn(C)n1)c1ccc(C(F)(F)F)cn1. The van der Waals surface area contributed by atoms with Crippen molar-refractivity contribution in [1.29, 1.82) is 0 Å². The van der Waals surface area contributed by atoms with E-state index in [2.05, 4.69) is 25.7 Å². The summed E-state index contributed by atoms with van der Waals surface area (Å²) in [7, 11) is 1.65. The van der Waals surface area contributed by atoms with Gasteiger partial charge in [0.05, 0.1) is 24.3 Å². The molecule has 0 aliphatic heterocycles. The second-order valence-electron chi connectivity index (χ2n) is 4.48. The van der Waals surface area contributed by atoms with Crippen LogP contribution in [0.1, 0.15) is 30.0 Å². The highest BCUT2D eigenvalue weighted by molar-refractivity contribution is 5.19. The summed E-state index contributed by atoms with van der Waals surface area (Å²) in [6, 6.07) is 2.13. The summed E-state index contributed by atoms with van der Waals surface area (Å²) in [5, 5.41) is 14.8. The van der Waals surface area contributed by atoms with Gasteiger partial charge in [-0.05, 0) is 23.9 Å². The van der Waals surface area contributed by atoms with E-state index < -0.39 is 11.7 Å². The number of pyridine rings is 1. The zero-order valence-corrected chi connectivity index (χ0v) is 11.6. The molecule has 2 aromatic rings. The van der Waals surface area contributed by atoms with Crippen LogP contribution in [-0.4, -0.2) is 31.7 Å². The van der Waals surface area contributed by atoms with Crippen LogP contribution in [0, 0.1) is 0 Å².